The van der Waals surface area contributed by atoms with Crippen LogP contribution in [0.25, 0.3) is 11.3 Å². The predicted octanol–water partition coefficient (Wildman–Crippen LogP) is 3.08. The molecule has 2 aromatic rings. The van der Waals surface area contributed by atoms with E-state index in [1.807, 2.05) is 6.07 Å². The lowest BCUT2D eigenvalue weighted by atomic mass is 9.64. The maximum atomic E-state index is 12.8. The number of nitrogens with zero attached hydrogens (tertiary/aromatic N) is 5. The average Bonchev–Trinajstić information content (AvgIpc) is 2.73. The van der Waals surface area contributed by atoms with Gasteiger partial charge in [-0.1, -0.05) is 6.42 Å². The molecular weight excluding hydrogens is 418 g/mol. The van der Waals surface area contributed by atoms with E-state index in [9.17, 15) is 8.78 Å². The number of rotatable bonds is 5. The minimum atomic E-state index is -2.98. The fourth-order valence-electron chi connectivity index (χ4n) is 5.37. The van der Waals surface area contributed by atoms with Crippen LogP contribution in [0.4, 0.5) is 26.4 Å². The molecule has 2 atom stereocenters. The van der Waals surface area contributed by atoms with Crippen LogP contribution < -0.4 is 20.3 Å². The van der Waals surface area contributed by atoms with E-state index in [4.69, 9.17) is 20.4 Å². The first-order valence-electron chi connectivity index (χ1n) is 11.2. The quantitative estimate of drug-likeness (QED) is 0.753. The van der Waals surface area contributed by atoms with Gasteiger partial charge in [0.05, 0.1) is 24.4 Å². The Hall–Kier alpha value is -2.75. The monoisotopic (exact) mass is 444 g/mol. The molecule has 0 unspecified atom stereocenters. The highest BCUT2D eigenvalue weighted by Crippen LogP contribution is 2.49. The van der Waals surface area contributed by atoms with Crippen molar-refractivity contribution in [3.63, 3.8) is 0 Å². The Bertz CT molecular complexity index is 1020. The lowest BCUT2D eigenvalue weighted by molar-refractivity contribution is -0.0494. The molecule has 1 saturated carbocycles. The molecule has 8 nitrogen and oxygen atoms in total. The lowest BCUT2D eigenvalue weighted by Crippen LogP contribution is -2.60. The smallest absolute Gasteiger partial charge is 0.387 e. The zero-order chi connectivity index (χ0) is 21.9. The fraction of sp³-hybridized carbons (Fsp3) is 0.591. The number of anilines is 3. The van der Waals surface area contributed by atoms with Gasteiger partial charge in [-0.15, -0.1) is 0 Å². The van der Waals surface area contributed by atoms with Crippen molar-refractivity contribution in [2.24, 2.45) is 5.41 Å². The summed E-state index contributed by atoms with van der Waals surface area (Å²) in [5.41, 5.74) is 7.35. The van der Waals surface area contributed by atoms with Crippen molar-refractivity contribution >= 4 is 17.6 Å². The number of halogens is 2. The van der Waals surface area contributed by atoms with Gasteiger partial charge in [-0.3, -0.25) is 0 Å². The SMILES string of the molecule is Nc1ncc(-c2cc(N3C[C@@H]4CC[C@H]3CO4)nc(N3CC4(CCC4)C3)n2)cc1OC(F)F. The van der Waals surface area contributed by atoms with Crippen molar-refractivity contribution < 1.29 is 18.3 Å². The Morgan fingerprint density at radius 1 is 1.19 bits per heavy atom. The lowest BCUT2D eigenvalue weighted by Gasteiger charge is -2.56. The third-order valence-electron chi connectivity index (χ3n) is 7.33. The Morgan fingerprint density at radius 3 is 2.66 bits per heavy atom. The molecule has 4 saturated heterocycles. The van der Waals surface area contributed by atoms with Gasteiger partial charge < -0.3 is 25.0 Å². The molecule has 2 bridgehead atoms. The standard InChI is InChI=1S/C22H26F2N6O2/c23-20(24)32-17-6-13(8-26-19(17)25)16-7-18(30-9-15-3-2-14(30)10-31-15)28-21(27-16)29-11-22(12-29)4-1-5-22/h6-8,14-15,20H,1-5,9-12H2,(H2,25,26)/t14-,15-/m0/s1. The normalized spacial score (nSPS) is 25.7. The molecule has 7 rings (SSSR count). The van der Waals surface area contributed by atoms with Crippen LogP contribution in [0.3, 0.4) is 0 Å². The van der Waals surface area contributed by atoms with Gasteiger partial charge in [0.25, 0.3) is 0 Å². The zero-order valence-electron chi connectivity index (χ0n) is 17.7. The number of piperidine rings is 1. The van der Waals surface area contributed by atoms with Crippen molar-refractivity contribution in [1.29, 1.82) is 0 Å². The van der Waals surface area contributed by atoms with E-state index >= 15 is 0 Å². The van der Waals surface area contributed by atoms with Crippen LogP contribution in [-0.4, -0.2) is 60.0 Å². The molecule has 5 fully saturated rings. The number of hydrogen-bond acceptors (Lipinski definition) is 8. The van der Waals surface area contributed by atoms with Crippen LogP contribution in [0.15, 0.2) is 18.3 Å². The summed E-state index contributed by atoms with van der Waals surface area (Å²) < 4.78 is 36.0. The highest BCUT2D eigenvalue weighted by molar-refractivity contribution is 5.68. The highest BCUT2D eigenvalue weighted by Gasteiger charge is 2.48. The van der Waals surface area contributed by atoms with Crippen molar-refractivity contribution in [2.45, 2.75) is 50.9 Å². The Balaban J connectivity index is 1.37. The number of aromatic nitrogens is 3. The van der Waals surface area contributed by atoms with Crippen molar-refractivity contribution in [3.05, 3.63) is 18.3 Å². The van der Waals surface area contributed by atoms with Crippen LogP contribution in [0, 0.1) is 5.41 Å². The number of nitrogens with two attached hydrogens (primary N) is 1. The minimum Gasteiger partial charge on any atom is -0.431 e. The summed E-state index contributed by atoms with van der Waals surface area (Å²) in [6, 6.07) is 3.66. The van der Waals surface area contributed by atoms with Crippen LogP contribution >= 0.6 is 0 Å². The first-order valence-corrected chi connectivity index (χ1v) is 11.2. The van der Waals surface area contributed by atoms with E-state index in [-0.39, 0.29) is 23.7 Å². The number of pyridine rings is 1. The van der Waals surface area contributed by atoms with Gasteiger partial charge in [-0.25, -0.2) is 9.97 Å². The molecule has 170 valence electrons. The number of ether oxygens (including phenoxy) is 2. The van der Waals surface area contributed by atoms with E-state index in [1.165, 1.54) is 25.3 Å². The Morgan fingerprint density at radius 2 is 2.03 bits per heavy atom. The Labute approximate surface area is 184 Å². The minimum absolute atomic E-state index is 0.0799. The second kappa shape index (κ2) is 7.40. The van der Waals surface area contributed by atoms with Crippen LogP contribution in [0.5, 0.6) is 5.75 Å². The third-order valence-corrected chi connectivity index (χ3v) is 7.33. The number of alkyl halides is 2. The van der Waals surface area contributed by atoms with Gasteiger partial charge in [0.15, 0.2) is 11.6 Å². The van der Waals surface area contributed by atoms with E-state index in [1.54, 1.807) is 6.20 Å². The summed E-state index contributed by atoms with van der Waals surface area (Å²) in [4.78, 5) is 18.3. The van der Waals surface area contributed by atoms with Crippen LogP contribution in [0.2, 0.25) is 0 Å². The van der Waals surface area contributed by atoms with Crippen LogP contribution in [0.1, 0.15) is 32.1 Å². The topological polar surface area (TPSA) is 89.6 Å². The summed E-state index contributed by atoms with van der Waals surface area (Å²) in [5, 5.41) is 0. The zero-order valence-corrected chi connectivity index (χ0v) is 17.7. The van der Waals surface area contributed by atoms with E-state index in [2.05, 4.69) is 19.5 Å². The Kier molecular flexibility index (Phi) is 4.60. The first kappa shape index (κ1) is 19.9. The summed E-state index contributed by atoms with van der Waals surface area (Å²) in [5.74, 6) is 1.28. The molecule has 1 spiro atoms. The van der Waals surface area contributed by atoms with Gasteiger partial charge >= 0.3 is 6.61 Å². The second-order valence-corrected chi connectivity index (χ2v) is 9.45. The van der Waals surface area contributed by atoms with Crippen LogP contribution in [-0.2, 0) is 4.74 Å². The van der Waals surface area contributed by atoms with Gasteiger partial charge in [-0.05, 0) is 31.7 Å². The number of nitrogen functional groups attached to an aromatic ring is 1. The average molecular weight is 444 g/mol. The molecule has 2 aromatic heterocycles. The third kappa shape index (κ3) is 3.41. The maximum Gasteiger partial charge on any atom is 0.387 e. The van der Waals surface area contributed by atoms with E-state index in [0.717, 1.165) is 38.3 Å². The highest BCUT2D eigenvalue weighted by atomic mass is 19.3. The molecule has 2 N–H and O–H groups in total. The summed E-state index contributed by atoms with van der Waals surface area (Å²) in [6.45, 7) is 0.441. The fourth-order valence-corrected chi connectivity index (χ4v) is 5.37. The summed E-state index contributed by atoms with van der Waals surface area (Å²) in [6.07, 6.45) is 7.71. The molecular formula is C22H26F2N6O2. The maximum absolute atomic E-state index is 12.8. The van der Waals surface area contributed by atoms with E-state index in [0.29, 0.717) is 29.2 Å². The molecule has 5 aliphatic rings. The number of hydrogen-bond donors (Lipinski definition) is 1. The number of morpholine rings is 1. The molecule has 1 aliphatic carbocycles. The largest absolute Gasteiger partial charge is 0.431 e. The summed E-state index contributed by atoms with van der Waals surface area (Å²) in [7, 11) is 0. The molecule has 0 amide bonds. The van der Waals surface area contributed by atoms with Gasteiger partial charge in [0.2, 0.25) is 5.95 Å². The van der Waals surface area contributed by atoms with Crippen molar-refractivity contribution in [3.8, 4) is 17.0 Å². The number of fused-ring (bicyclic) bond motifs is 3. The molecule has 0 aromatic carbocycles. The van der Waals surface area contributed by atoms with Gasteiger partial charge in [0, 0.05) is 42.9 Å². The van der Waals surface area contributed by atoms with Gasteiger partial charge in [-0.2, -0.15) is 13.8 Å². The van der Waals surface area contributed by atoms with Crippen molar-refractivity contribution in [1.82, 2.24) is 15.0 Å². The molecule has 0 radical (unpaired) electrons. The van der Waals surface area contributed by atoms with Crippen molar-refractivity contribution in [2.75, 3.05) is 41.8 Å². The summed E-state index contributed by atoms with van der Waals surface area (Å²) >= 11 is 0. The molecule has 10 heteroatoms. The second-order valence-electron chi connectivity index (χ2n) is 9.45. The van der Waals surface area contributed by atoms with Gasteiger partial charge in [0.1, 0.15) is 5.82 Å². The molecule has 6 heterocycles. The first-order chi connectivity index (χ1) is 15.5. The molecule has 32 heavy (non-hydrogen) atoms. The van der Waals surface area contributed by atoms with E-state index < -0.39 is 6.61 Å². The predicted molar refractivity (Wildman–Crippen MR) is 115 cm³/mol. The molecule has 4 aliphatic heterocycles.